The molecule has 0 fully saturated rings. The van der Waals surface area contributed by atoms with Gasteiger partial charge >= 0.3 is 0 Å². The lowest BCUT2D eigenvalue weighted by Gasteiger charge is -2.16. The Hall–Kier alpha value is -1.84. The van der Waals surface area contributed by atoms with Gasteiger partial charge in [-0.15, -0.1) is 0 Å². The van der Waals surface area contributed by atoms with Crippen molar-refractivity contribution in [1.82, 2.24) is 5.32 Å². The molecule has 0 saturated heterocycles. The average Bonchev–Trinajstić information content (AvgIpc) is 2.55. The molecule has 3 nitrogen and oxygen atoms in total. The third kappa shape index (κ3) is 5.21. The van der Waals surface area contributed by atoms with Crippen molar-refractivity contribution >= 4 is 0 Å². The molecular formula is C18H23NO2. The number of aliphatic hydroxyl groups excluding tert-OH is 1. The predicted molar refractivity (Wildman–Crippen MR) is 85.7 cm³/mol. The van der Waals surface area contributed by atoms with Gasteiger partial charge in [-0.3, -0.25) is 0 Å². The highest BCUT2D eigenvalue weighted by Crippen LogP contribution is 2.11. The monoisotopic (exact) mass is 285 g/mol. The van der Waals surface area contributed by atoms with Crippen molar-refractivity contribution in [1.29, 1.82) is 0 Å². The van der Waals surface area contributed by atoms with Gasteiger partial charge in [-0.25, -0.2) is 0 Å². The summed E-state index contributed by atoms with van der Waals surface area (Å²) < 4.78 is 5.15. The van der Waals surface area contributed by atoms with Gasteiger partial charge in [0.25, 0.3) is 0 Å². The minimum absolute atomic E-state index is 0.102. The van der Waals surface area contributed by atoms with E-state index >= 15 is 0 Å². The molecule has 21 heavy (non-hydrogen) atoms. The van der Waals surface area contributed by atoms with E-state index in [2.05, 4.69) is 29.6 Å². The molecule has 0 radical (unpaired) electrons. The van der Waals surface area contributed by atoms with E-state index in [4.69, 9.17) is 4.74 Å². The zero-order valence-corrected chi connectivity index (χ0v) is 12.5. The Morgan fingerprint density at radius 3 is 2.33 bits per heavy atom. The molecule has 0 aliphatic carbocycles. The Morgan fingerprint density at radius 1 is 1.00 bits per heavy atom. The minimum Gasteiger partial charge on any atom is -0.497 e. The van der Waals surface area contributed by atoms with Crippen LogP contribution >= 0.6 is 0 Å². The van der Waals surface area contributed by atoms with Crippen molar-refractivity contribution in [3.63, 3.8) is 0 Å². The van der Waals surface area contributed by atoms with Crippen LogP contribution in [0.5, 0.6) is 5.75 Å². The zero-order chi connectivity index (χ0) is 14.9. The van der Waals surface area contributed by atoms with Crippen LogP contribution in [-0.4, -0.2) is 31.4 Å². The molecule has 2 N–H and O–H groups in total. The highest BCUT2D eigenvalue weighted by atomic mass is 16.5. The topological polar surface area (TPSA) is 41.5 Å². The molecule has 0 aliphatic heterocycles. The standard InChI is InChI=1S/C18H23NO2/c1-21-18-9-7-15(8-10-18)11-12-19-17(14-20)13-16-5-3-2-4-6-16/h2-10,17,19-20H,11-14H2,1H3. The van der Waals surface area contributed by atoms with Crippen LogP contribution < -0.4 is 10.1 Å². The van der Waals surface area contributed by atoms with Gasteiger partial charge in [0, 0.05) is 6.04 Å². The summed E-state index contributed by atoms with van der Waals surface area (Å²) in [6.07, 6.45) is 1.79. The summed E-state index contributed by atoms with van der Waals surface area (Å²) in [5.41, 5.74) is 2.51. The number of hydrogen-bond donors (Lipinski definition) is 2. The van der Waals surface area contributed by atoms with Crippen LogP contribution in [0.25, 0.3) is 0 Å². The number of ether oxygens (including phenoxy) is 1. The molecule has 0 spiro atoms. The largest absolute Gasteiger partial charge is 0.497 e. The van der Waals surface area contributed by atoms with Gasteiger partial charge in [0.05, 0.1) is 13.7 Å². The van der Waals surface area contributed by atoms with E-state index in [0.717, 1.165) is 25.1 Å². The third-order valence-electron chi connectivity index (χ3n) is 3.55. The Labute approximate surface area is 126 Å². The first-order valence-electron chi connectivity index (χ1n) is 7.33. The summed E-state index contributed by atoms with van der Waals surface area (Å²) in [7, 11) is 1.67. The maximum atomic E-state index is 9.47. The molecule has 2 aromatic carbocycles. The Morgan fingerprint density at radius 2 is 1.71 bits per heavy atom. The summed E-state index contributed by atoms with van der Waals surface area (Å²) in [6.45, 7) is 1.00. The van der Waals surface area contributed by atoms with Crippen LogP contribution in [0.1, 0.15) is 11.1 Å². The van der Waals surface area contributed by atoms with Gasteiger partial charge in [-0.05, 0) is 42.6 Å². The lowest BCUT2D eigenvalue weighted by atomic mass is 10.1. The SMILES string of the molecule is COc1ccc(CCNC(CO)Cc2ccccc2)cc1. The summed E-state index contributed by atoms with van der Waals surface area (Å²) in [4.78, 5) is 0. The van der Waals surface area contributed by atoms with Crippen LogP contribution in [0.2, 0.25) is 0 Å². The fourth-order valence-corrected chi connectivity index (χ4v) is 2.31. The number of aliphatic hydroxyl groups is 1. The first-order chi connectivity index (χ1) is 10.3. The van der Waals surface area contributed by atoms with Crippen molar-refractivity contribution in [3.8, 4) is 5.75 Å². The molecule has 2 aromatic rings. The van der Waals surface area contributed by atoms with Crippen LogP contribution in [0, 0.1) is 0 Å². The molecule has 0 bridgehead atoms. The molecule has 0 heterocycles. The number of benzene rings is 2. The predicted octanol–water partition coefficient (Wildman–Crippen LogP) is 2.43. The highest BCUT2D eigenvalue weighted by Gasteiger charge is 2.07. The van der Waals surface area contributed by atoms with Crippen LogP contribution in [0.4, 0.5) is 0 Å². The van der Waals surface area contributed by atoms with Gasteiger partial charge in [0.15, 0.2) is 0 Å². The number of nitrogens with one attached hydrogen (secondary N) is 1. The zero-order valence-electron chi connectivity index (χ0n) is 12.5. The third-order valence-corrected chi connectivity index (χ3v) is 3.55. The maximum Gasteiger partial charge on any atom is 0.118 e. The van der Waals surface area contributed by atoms with Crippen molar-refractivity contribution in [3.05, 3.63) is 65.7 Å². The first kappa shape index (κ1) is 15.5. The van der Waals surface area contributed by atoms with E-state index < -0.39 is 0 Å². The normalized spacial score (nSPS) is 12.1. The van der Waals surface area contributed by atoms with E-state index in [1.54, 1.807) is 7.11 Å². The van der Waals surface area contributed by atoms with E-state index in [1.165, 1.54) is 11.1 Å². The highest BCUT2D eigenvalue weighted by molar-refractivity contribution is 5.27. The second-order valence-electron chi connectivity index (χ2n) is 5.12. The second kappa shape index (κ2) is 8.45. The van der Waals surface area contributed by atoms with Crippen LogP contribution in [0.15, 0.2) is 54.6 Å². The molecule has 0 saturated carbocycles. The quantitative estimate of drug-likeness (QED) is 0.783. The molecule has 0 aliphatic rings. The van der Waals surface area contributed by atoms with Gasteiger partial charge in [-0.1, -0.05) is 42.5 Å². The van der Waals surface area contributed by atoms with Gasteiger partial charge < -0.3 is 15.2 Å². The number of rotatable bonds is 8. The molecule has 0 aromatic heterocycles. The molecule has 0 amide bonds. The van der Waals surface area contributed by atoms with Crippen molar-refractivity contribution in [2.24, 2.45) is 0 Å². The van der Waals surface area contributed by atoms with E-state index in [9.17, 15) is 5.11 Å². The Kier molecular flexibility index (Phi) is 6.25. The minimum atomic E-state index is 0.102. The van der Waals surface area contributed by atoms with Gasteiger partial charge in [0.1, 0.15) is 5.75 Å². The summed E-state index contributed by atoms with van der Waals surface area (Å²) in [6, 6.07) is 18.5. The summed E-state index contributed by atoms with van der Waals surface area (Å²) >= 11 is 0. The van der Waals surface area contributed by atoms with Crippen molar-refractivity contribution in [2.75, 3.05) is 20.3 Å². The summed E-state index contributed by atoms with van der Waals surface area (Å²) in [5, 5.41) is 12.9. The van der Waals surface area contributed by atoms with Gasteiger partial charge in [0.2, 0.25) is 0 Å². The number of hydrogen-bond acceptors (Lipinski definition) is 3. The lowest BCUT2D eigenvalue weighted by molar-refractivity contribution is 0.242. The van der Waals surface area contributed by atoms with Crippen molar-refractivity contribution in [2.45, 2.75) is 18.9 Å². The first-order valence-corrected chi connectivity index (χ1v) is 7.33. The van der Waals surface area contributed by atoms with E-state index in [0.29, 0.717) is 0 Å². The fourth-order valence-electron chi connectivity index (χ4n) is 2.31. The molecule has 3 heteroatoms. The van der Waals surface area contributed by atoms with E-state index in [1.807, 2.05) is 30.3 Å². The Bertz CT molecular complexity index is 511. The maximum absolute atomic E-state index is 9.47. The van der Waals surface area contributed by atoms with Crippen LogP contribution in [-0.2, 0) is 12.8 Å². The smallest absolute Gasteiger partial charge is 0.118 e. The average molecular weight is 285 g/mol. The molecule has 112 valence electrons. The van der Waals surface area contributed by atoms with Crippen molar-refractivity contribution < 1.29 is 9.84 Å². The summed E-state index contributed by atoms with van der Waals surface area (Å²) in [5.74, 6) is 0.879. The van der Waals surface area contributed by atoms with Crippen LogP contribution in [0.3, 0.4) is 0 Å². The molecule has 1 unspecified atom stereocenters. The lowest BCUT2D eigenvalue weighted by Crippen LogP contribution is -2.35. The molecule has 1 atom stereocenters. The Balaban J connectivity index is 1.77. The molecular weight excluding hydrogens is 262 g/mol. The second-order valence-corrected chi connectivity index (χ2v) is 5.12. The van der Waals surface area contributed by atoms with Gasteiger partial charge in [-0.2, -0.15) is 0 Å². The van der Waals surface area contributed by atoms with E-state index in [-0.39, 0.29) is 12.6 Å². The molecule has 2 rings (SSSR count). The number of methoxy groups -OCH3 is 1. The fraction of sp³-hybridized carbons (Fsp3) is 0.333.